The molecule has 0 saturated carbocycles. The number of aromatic nitrogens is 2. The highest BCUT2D eigenvalue weighted by molar-refractivity contribution is 5.41. The van der Waals surface area contributed by atoms with E-state index in [1.807, 2.05) is 0 Å². The van der Waals surface area contributed by atoms with Crippen molar-refractivity contribution in [2.75, 3.05) is 12.3 Å². The second-order valence-electron chi connectivity index (χ2n) is 4.34. The average Bonchev–Trinajstić information content (AvgIpc) is 2.69. The molecule has 0 aromatic carbocycles. The van der Waals surface area contributed by atoms with Gasteiger partial charge in [0.25, 0.3) is 0 Å². The summed E-state index contributed by atoms with van der Waals surface area (Å²) in [6.45, 7) is -0.936. The van der Waals surface area contributed by atoms with Gasteiger partial charge in [-0.2, -0.15) is 4.98 Å². The van der Waals surface area contributed by atoms with Crippen LogP contribution < -0.4 is 11.4 Å². The molecule has 12 heteroatoms. The van der Waals surface area contributed by atoms with Gasteiger partial charge in [0, 0.05) is 4.91 Å². The van der Waals surface area contributed by atoms with Gasteiger partial charge < -0.3 is 30.9 Å². The highest BCUT2D eigenvalue weighted by atomic mass is 16.6. The molecule has 1 fully saturated rings. The van der Waals surface area contributed by atoms with Crippen LogP contribution in [0.3, 0.4) is 0 Å². The monoisotopic (exact) mass is 300 g/mol. The smallest absolute Gasteiger partial charge is 0.351 e. The molecule has 4 unspecified atom stereocenters. The summed E-state index contributed by atoms with van der Waals surface area (Å²) in [6.07, 6.45) is -4.21. The minimum atomic E-state index is -2.16. The zero-order chi connectivity index (χ0) is 15.8. The predicted molar refractivity (Wildman–Crippen MR) is 65.7 cm³/mol. The molecule has 1 aliphatic rings. The molecule has 0 amide bonds. The molecular formula is C9H12N6O6. The lowest BCUT2D eigenvalue weighted by Crippen LogP contribution is -2.44. The average molecular weight is 300 g/mol. The Labute approximate surface area is 116 Å². The summed E-state index contributed by atoms with van der Waals surface area (Å²) in [4.78, 5) is 17.4. The van der Waals surface area contributed by atoms with Crippen molar-refractivity contribution in [2.45, 2.75) is 24.2 Å². The Morgan fingerprint density at radius 3 is 2.86 bits per heavy atom. The third kappa shape index (κ3) is 2.26. The molecule has 0 spiro atoms. The third-order valence-electron chi connectivity index (χ3n) is 3.08. The topological polar surface area (TPSA) is 200 Å². The standard InChI is InChI=1S/C9H12N6O6/c10-6-3(17)1-15(8(20)12-6)7-4(18)5(19)9(2-16,21-7)13-14-11/h1,4-5,7,16-19H,2H2,(H2,10,12,20). The van der Waals surface area contributed by atoms with Gasteiger partial charge in [-0.05, 0) is 5.53 Å². The molecule has 0 radical (unpaired) electrons. The molecular weight excluding hydrogens is 288 g/mol. The second-order valence-corrected chi connectivity index (χ2v) is 4.34. The summed E-state index contributed by atoms with van der Waals surface area (Å²) in [5.41, 5.74) is 10.6. The first-order chi connectivity index (χ1) is 9.86. The van der Waals surface area contributed by atoms with E-state index in [-0.39, 0.29) is 0 Å². The normalized spacial score (nSPS) is 31.9. The van der Waals surface area contributed by atoms with E-state index in [1.54, 1.807) is 0 Å². The molecule has 1 aliphatic heterocycles. The lowest BCUT2D eigenvalue weighted by Gasteiger charge is -2.23. The van der Waals surface area contributed by atoms with Crippen molar-refractivity contribution < 1.29 is 25.2 Å². The first-order valence-electron chi connectivity index (χ1n) is 5.65. The maximum absolute atomic E-state index is 11.7. The van der Waals surface area contributed by atoms with Gasteiger partial charge in [0.2, 0.25) is 5.72 Å². The third-order valence-corrected chi connectivity index (χ3v) is 3.08. The number of rotatable bonds is 3. The van der Waals surface area contributed by atoms with Crippen molar-refractivity contribution in [1.82, 2.24) is 9.55 Å². The number of aromatic hydroxyl groups is 1. The molecule has 1 aromatic rings. The van der Waals surface area contributed by atoms with Gasteiger partial charge in [0.15, 0.2) is 17.8 Å². The molecule has 114 valence electrons. The Kier molecular flexibility index (Phi) is 3.72. The van der Waals surface area contributed by atoms with Gasteiger partial charge in [-0.1, -0.05) is 5.11 Å². The number of nitrogens with zero attached hydrogens (tertiary/aromatic N) is 5. The van der Waals surface area contributed by atoms with Crippen molar-refractivity contribution in [3.05, 3.63) is 27.1 Å². The van der Waals surface area contributed by atoms with Gasteiger partial charge in [-0.15, -0.1) is 0 Å². The number of nitrogens with two attached hydrogens (primary N) is 1. The Morgan fingerprint density at radius 1 is 1.62 bits per heavy atom. The maximum atomic E-state index is 11.7. The number of aliphatic hydroxyl groups excluding tert-OH is 3. The fourth-order valence-electron chi connectivity index (χ4n) is 1.97. The van der Waals surface area contributed by atoms with Crippen molar-refractivity contribution in [3.8, 4) is 5.75 Å². The van der Waals surface area contributed by atoms with Crippen LogP contribution in [0.25, 0.3) is 10.4 Å². The van der Waals surface area contributed by atoms with Crippen LogP contribution in [0.2, 0.25) is 0 Å². The summed E-state index contributed by atoms with van der Waals surface area (Å²) in [5, 5.41) is 41.6. The summed E-state index contributed by atoms with van der Waals surface area (Å²) >= 11 is 0. The molecule has 6 N–H and O–H groups in total. The van der Waals surface area contributed by atoms with E-state index in [1.165, 1.54) is 0 Å². The van der Waals surface area contributed by atoms with E-state index >= 15 is 0 Å². The first kappa shape index (κ1) is 15.0. The Hall–Kier alpha value is -2.37. The highest BCUT2D eigenvalue weighted by Gasteiger charge is 2.55. The van der Waals surface area contributed by atoms with E-state index < -0.39 is 48.0 Å². The van der Waals surface area contributed by atoms with Gasteiger partial charge in [-0.3, -0.25) is 4.57 Å². The van der Waals surface area contributed by atoms with Crippen molar-refractivity contribution >= 4 is 5.82 Å². The van der Waals surface area contributed by atoms with Crippen LogP contribution in [0.1, 0.15) is 6.23 Å². The van der Waals surface area contributed by atoms with Gasteiger partial charge in [0.1, 0.15) is 12.2 Å². The minimum Gasteiger partial charge on any atom is -0.503 e. The zero-order valence-electron chi connectivity index (χ0n) is 10.4. The van der Waals surface area contributed by atoms with E-state index in [0.717, 1.165) is 6.20 Å². The van der Waals surface area contributed by atoms with Crippen LogP contribution in [0, 0.1) is 0 Å². The zero-order valence-corrected chi connectivity index (χ0v) is 10.4. The van der Waals surface area contributed by atoms with Crippen LogP contribution in [0.5, 0.6) is 5.75 Å². The van der Waals surface area contributed by atoms with Crippen LogP contribution in [0.15, 0.2) is 16.1 Å². The van der Waals surface area contributed by atoms with E-state index in [2.05, 4.69) is 15.0 Å². The first-order valence-corrected chi connectivity index (χ1v) is 5.65. The Morgan fingerprint density at radius 2 is 2.29 bits per heavy atom. The Bertz CT molecular complexity index is 657. The lowest BCUT2D eigenvalue weighted by atomic mass is 10.1. The maximum Gasteiger partial charge on any atom is 0.351 e. The molecule has 12 nitrogen and oxygen atoms in total. The molecule has 2 rings (SSSR count). The lowest BCUT2D eigenvalue weighted by molar-refractivity contribution is -0.125. The molecule has 4 atom stereocenters. The number of hydrogen-bond acceptors (Lipinski definition) is 9. The number of azide groups is 1. The number of ether oxygens (including phenoxy) is 1. The molecule has 0 bridgehead atoms. The fraction of sp³-hybridized carbons (Fsp3) is 0.556. The summed E-state index contributed by atoms with van der Waals surface area (Å²) in [7, 11) is 0. The second kappa shape index (κ2) is 5.20. The summed E-state index contributed by atoms with van der Waals surface area (Å²) in [5.74, 6) is -0.974. The van der Waals surface area contributed by atoms with Gasteiger partial charge in [0.05, 0.1) is 12.8 Å². The quantitative estimate of drug-likeness (QED) is 0.234. The van der Waals surface area contributed by atoms with E-state index in [4.69, 9.17) is 16.0 Å². The molecule has 21 heavy (non-hydrogen) atoms. The highest BCUT2D eigenvalue weighted by Crippen LogP contribution is 2.38. The predicted octanol–water partition coefficient (Wildman–Crippen LogP) is -2.22. The molecule has 1 aromatic heterocycles. The number of anilines is 1. The summed E-state index contributed by atoms with van der Waals surface area (Å²) in [6, 6.07) is 0. The molecule has 2 heterocycles. The van der Waals surface area contributed by atoms with Crippen LogP contribution in [-0.2, 0) is 4.74 Å². The van der Waals surface area contributed by atoms with Gasteiger partial charge in [-0.25, -0.2) is 4.79 Å². The number of nitrogen functional groups attached to an aromatic ring is 1. The largest absolute Gasteiger partial charge is 0.503 e. The number of aliphatic hydroxyl groups is 3. The van der Waals surface area contributed by atoms with Crippen molar-refractivity contribution in [3.63, 3.8) is 0 Å². The van der Waals surface area contributed by atoms with Crippen LogP contribution in [-0.4, -0.2) is 54.5 Å². The minimum absolute atomic E-state index is 0.423. The Balaban J connectivity index is 2.50. The molecule has 1 saturated heterocycles. The van der Waals surface area contributed by atoms with Crippen molar-refractivity contribution in [1.29, 1.82) is 0 Å². The van der Waals surface area contributed by atoms with E-state index in [9.17, 15) is 25.2 Å². The summed E-state index contributed by atoms with van der Waals surface area (Å²) < 4.78 is 5.78. The van der Waals surface area contributed by atoms with Crippen molar-refractivity contribution in [2.24, 2.45) is 5.11 Å². The van der Waals surface area contributed by atoms with E-state index in [0.29, 0.717) is 4.57 Å². The number of hydrogen-bond donors (Lipinski definition) is 5. The van der Waals surface area contributed by atoms with Crippen LogP contribution in [0.4, 0.5) is 5.82 Å². The SMILES string of the molecule is [N-]=[N+]=NC1(CO)OC(n2cc(O)c(N)nc2=O)C(O)C1O. The fourth-order valence-corrected chi connectivity index (χ4v) is 1.97. The van der Waals surface area contributed by atoms with Crippen LogP contribution >= 0.6 is 0 Å². The molecule has 0 aliphatic carbocycles. The van der Waals surface area contributed by atoms with Gasteiger partial charge >= 0.3 is 5.69 Å².